The van der Waals surface area contributed by atoms with Crippen molar-refractivity contribution in [3.63, 3.8) is 0 Å². The summed E-state index contributed by atoms with van der Waals surface area (Å²) in [5.74, 6) is 0.617. The van der Waals surface area contributed by atoms with Gasteiger partial charge in [-0.3, -0.25) is 14.4 Å². The van der Waals surface area contributed by atoms with Crippen molar-refractivity contribution in [3.05, 3.63) is 58.5 Å². The molecule has 1 aromatic carbocycles. The lowest BCUT2D eigenvalue weighted by atomic mass is 10.0. The summed E-state index contributed by atoms with van der Waals surface area (Å²) in [5.41, 5.74) is 3.10. The largest absolute Gasteiger partial charge is 0.490 e. The van der Waals surface area contributed by atoms with Crippen molar-refractivity contribution >= 4 is 16.1 Å². The van der Waals surface area contributed by atoms with Gasteiger partial charge in [0.05, 0.1) is 25.5 Å². The first-order chi connectivity index (χ1) is 15.8. The number of carbonyl (C=O) groups excluding carboxylic acids is 1. The summed E-state index contributed by atoms with van der Waals surface area (Å²) >= 11 is 0. The summed E-state index contributed by atoms with van der Waals surface area (Å²) < 4.78 is 40.3. The van der Waals surface area contributed by atoms with Crippen molar-refractivity contribution in [2.75, 3.05) is 33.4 Å². The van der Waals surface area contributed by atoms with Crippen LogP contribution in [-0.2, 0) is 24.5 Å². The molecule has 0 radical (unpaired) electrons. The van der Waals surface area contributed by atoms with E-state index in [4.69, 9.17) is 14.3 Å². The number of benzene rings is 1. The average Bonchev–Trinajstić information content (AvgIpc) is 3.46. The maximum absolute atomic E-state index is 13.2. The first kappa shape index (κ1) is 23.7. The van der Waals surface area contributed by atoms with Gasteiger partial charge in [0.15, 0.2) is 0 Å². The van der Waals surface area contributed by atoms with Crippen molar-refractivity contribution in [2.45, 2.75) is 45.3 Å². The van der Waals surface area contributed by atoms with Crippen molar-refractivity contribution < 1.29 is 27.5 Å². The highest BCUT2D eigenvalue weighted by atomic mass is 32.2. The summed E-state index contributed by atoms with van der Waals surface area (Å²) in [6.07, 6.45) is 4.85. The number of ether oxygens (including phenoxy) is 2. The number of aryl methyl sites for hydroxylation is 2. The van der Waals surface area contributed by atoms with Gasteiger partial charge in [0.2, 0.25) is 0 Å². The van der Waals surface area contributed by atoms with Crippen LogP contribution < -0.4 is 4.72 Å². The van der Waals surface area contributed by atoms with E-state index in [1.54, 1.807) is 18.1 Å². The van der Waals surface area contributed by atoms with E-state index in [0.717, 1.165) is 15.6 Å². The molecule has 2 fully saturated rings. The van der Waals surface area contributed by atoms with Gasteiger partial charge in [-0.25, -0.2) is 0 Å². The number of nitrogens with zero attached hydrogens (tertiary/aromatic N) is 2. The highest BCUT2D eigenvalue weighted by Crippen LogP contribution is 2.26. The molecule has 2 unspecified atom stereocenters. The molecule has 2 atom stereocenters. The molecule has 180 valence electrons. The summed E-state index contributed by atoms with van der Waals surface area (Å²) in [5, 5.41) is 0. The van der Waals surface area contributed by atoms with Gasteiger partial charge < -0.3 is 14.4 Å². The monoisotopic (exact) mass is 477 g/mol. The molecule has 3 aliphatic rings. The van der Waals surface area contributed by atoms with Gasteiger partial charge in [-0.15, -0.1) is 0 Å². The molecule has 2 saturated heterocycles. The number of hydrogen-bond donors (Lipinski definition) is 1. The molecule has 1 amide bonds. The minimum absolute atomic E-state index is 0.0408. The molecule has 1 N–H and O–H groups in total. The zero-order chi connectivity index (χ0) is 23.6. The predicted octanol–water partition coefficient (Wildman–Crippen LogP) is 2.19. The van der Waals surface area contributed by atoms with Crippen LogP contribution in [0.15, 0.2) is 41.8 Å². The van der Waals surface area contributed by atoms with E-state index >= 15 is 0 Å². The van der Waals surface area contributed by atoms with Crippen LogP contribution in [0.25, 0.3) is 0 Å². The molecular weight excluding hydrogens is 446 g/mol. The fraction of sp³-hybridized carbons (Fsp3) is 0.522. The van der Waals surface area contributed by atoms with E-state index in [0.29, 0.717) is 62.5 Å². The van der Waals surface area contributed by atoms with Crippen molar-refractivity contribution in [2.24, 2.45) is 0 Å². The minimum Gasteiger partial charge on any atom is -0.490 e. The van der Waals surface area contributed by atoms with Crippen LogP contribution in [0.4, 0.5) is 0 Å². The van der Waals surface area contributed by atoms with Crippen LogP contribution in [0.3, 0.4) is 0 Å². The standard InChI is InChI=1S/C23H31N3O6S/c1-16-8-9-17(2)20(12-16)23(27)25-14-21(30-3)22(15-25)32-19-7-4-6-18(13-19)24-33(28,29)26-10-5-11-31-26/h6,8-9,12-13,21-22,24H,4-5,7,10-11,14-15H2,1-3H3. The number of allylic oxidation sites excluding steroid dienone is 3. The summed E-state index contributed by atoms with van der Waals surface area (Å²) in [4.78, 5) is 20.1. The molecule has 4 rings (SSSR count). The summed E-state index contributed by atoms with van der Waals surface area (Å²) in [6, 6.07) is 5.85. The number of amides is 1. The predicted molar refractivity (Wildman–Crippen MR) is 122 cm³/mol. The molecule has 0 aromatic heterocycles. The summed E-state index contributed by atoms with van der Waals surface area (Å²) in [6.45, 7) is 5.45. The minimum atomic E-state index is -3.77. The van der Waals surface area contributed by atoms with Gasteiger partial charge in [0.25, 0.3) is 5.91 Å². The number of hydroxylamine groups is 1. The normalized spacial score (nSPS) is 23.9. The lowest BCUT2D eigenvalue weighted by Crippen LogP contribution is -2.37. The van der Waals surface area contributed by atoms with Crippen molar-refractivity contribution in [1.29, 1.82) is 0 Å². The van der Waals surface area contributed by atoms with E-state index in [-0.39, 0.29) is 18.1 Å². The van der Waals surface area contributed by atoms with E-state index in [2.05, 4.69) is 4.72 Å². The van der Waals surface area contributed by atoms with Crippen LogP contribution in [-0.4, -0.2) is 69.3 Å². The Kier molecular flexibility index (Phi) is 7.08. The second-order valence-electron chi connectivity index (χ2n) is 8.59. The third kappa shape index (κ3) is 5.40. The summed E-state index contributed by atoms with van der Waals surface area (Å²) in [7, 11) is -2.16. The van der Waals surface area contributed by atoms with Crippen LogP contribution in [0.5, 0.6) is 0 Å². The second kappa shape index (κ2) is 9.84. The molecule has 0 spiro atoms. The first-order valence-electron chi connectivity index (χ1n) is 11.2. The van der Waals surface area contributed by atoms with Gasteiger partial charge >= 0.3 is 10.2 Å². The van der Waals surface area contributed by atoms with Gasteiger partial charge in [0, 0.05) is 31.3 Å². The molecule has 1 aromatic rings. The third-order valence-corrected chi connectivity index (χ3v) is 7.36. The van der Waals surface area contributed by atoms with E-state index in [1.807, 2.05) is 38.1 Å². The fourth-order valence-corrected chi connectivity index (χ4v) is 5.36. The Hall–Kier alpha value is -2.40. The smallest absolute Gasteiger partial charge is 0.323 e. The SMILES string of the molecule is COC1CN(C(=O)c2cc(C)ccc2C)CC1OC1=CC(NS(=O)(=O)N2CCCO2)=CCC1. The highest BCUT2D eigenvalue weighted by molar-refractivity contribution is 7.87. The second-order valence-corrected chi connectivity index (χ2v) is 10.1. The van der Waals surface area contributed by atoms with Gasteiger partial charge in [-0.1, -0.05) is 28.2 Å². The zero-order valence-corrected chi connectivity index (χ0v) is 20.1. The maximum Gasteiger partial charge on any atom is 0.323 e. The number of hydrogen-bond acceptors (Lipinski definition) is 6. The molecule has 0 saturated carbocycles. The molecule has 10 heteroatoms. The van der Waals surface area contributed by atoms with Crippen molar-refractivity contribution in [3.8, 4) is 0 Å². The average molecular weight is 478 g/mol. The molecule has 2 aliphatic heterocycles. The van der Waals surface area contributed by atoms with Crippen LogP contribution >= 0.6 is 0 Å². The topological polar surface area (TPSA) is 97.4 Å². The molecule has 2 heterocycles. The first-order valence-corrected chi connectivity index (χ1v) is 12.6. The van der Waals surface area contributed by atoms with Crippen molar-refractivity contribution in [1.82, 2.24) is 14.1 Å². The number of rotatable bonds is 7. The number of nitrogens with one attached hydrogen (secondary N) is 1. The lowest BCUT2D eigenvalue weighted by Gasteiger charge is -2.23. The van der Waals surface area contributed by atoms with Crippen LogP contribution in [0.1, 0.15) is 40.7 Å². The molecule has 9 nitrogen and oxygen atoms in total. The Bertz CT molecular complexity index is 1060. The van der Waals surface area contributed by atoms with Gasteiger partial charge in [-0.2, -0.15) is 8.42 Å². The van der Waals surface area contributed by atoms with E-state index < -0.39 is 10.2 Å². The Morgan fingerprint density at radius 1 is 1.21 bits per heavy atom. The Morgan fingerprint density at radius 3 is 2.73 bits per heavy atom. The van der Waals surface area contributed by atoms with E-state index in [1.165, 1.54) is 0 Å². The van der Waals surface area contributed by atoms with E-state index in [9.17, 15) is 13.2 Å². The Morgan fingerprint density at radius 2 is 2.00 bits per heavy atom. The number of carbonyl (C=O) groups is 1. The zero-order valence-electron chi connectivity index (χ0n) is 19.2. The quantitative estimate of drug-likeness (QED) is 0.647. The highest BCUT2D eigenvalue weighted by Gasteiger charge is 2.38. The van der Waals surface area contributed by atoms with Gasteiger partial charge in [-0.05, 0) is 44.4 Å². The third-order valence-electron chi connectivity index (χ3n) is 6.04. The number of likely N-dealkylation sites (tertiary alicyclic amines) is 1. The Balaban J connectivity index is 1.43. The molecule has 1 aliphatic carbocycles. The van der Waals surface area contributed by atoms with Crippen LogP contribution in [0, 0.1) is 13.8 Å². The molecule has 33 heavy (non-hydrogen) atoms. The van der Waals surface area contributed by atoms with Crippen LogP contribution in [0.2, 0.25) is 0 Å². The number of methoxy groups -OCH3 is 1. The Labute approximate surface area is 195 Å². The fourth-order valence-electron chi connectivity index (χ4n) is 4.23. The lowest BCUT2D eigenvalue weighted by molar-refractivity contribution is -0.0293. The maximum atomic E-state index is 13.2. The van der Waals surface area contributed by atoms with Gasteiger partial charge in [0.1, 0.15) is 12.2 Å². The molecule has 0 bridgehead atoms. The molecular formula is C23H31N3O6S.